The van der Waals surface area contributed by atoms with Gasteiger partial charge in [0.05, 0.1) is 5.69 Å². The molecule has 1 amide bonds. The van der Waals surface area contributed by atoms with Crippen LogP contribution < -0.4 is 11.1 Å². The van der Waals surface area contributed by atoms with Gasteiger partial charge in [-0.25, -0.2) is 4.39 Å². The van der Waals surface area contributed by atoms with Crippen molar-refractivity contribution in [3.05, 3.63) is 28.5 Å². The van der Waals surface area contributed by atoms with Gasteiger partial charge in [-0.1, -0.05) is 29.8 Å². The third-order valence-corrected chi connectivity index (χ3v) is 4.74. The molecule has 1 saturated heterocycles. The largest absolute Gasteiger partial charge is 0.327 e. The third-order valence-electron chi connectivity index (χ3n) is 4.25. The van der Waals surface area contributed by atoms with Crippen molar-refractivity contribution >= 4 is 39.9 Å². The van der Waals surface area contributed by atoms with Crippen LogP contribution in [0, 0.1) is 11.2 Å². The second kappa shape index (κ2) is 8.42. The molecule has 1 aliphatic rings. The van der Waals surface area contributed by atoms with Crippen molar-refractivity contribution in [3.8, 4) is 0 Å². The SMILES string of the molecule is CC1(C)CN(CCC(=O)Nc2ccc(Br)cc2F)CCC1N.Cl. The molecule has 1 unspecified atom stereocenters. The number of benzene rings is 1. The van der Waals surface area contributed by atoms with Crippen LogP contribution in [-0.4, -0.2) is 36.5 Å². The van der Waals surface area contributed by atoms with Crippen LogP contribution in [0.5, 0.6) is 0 Å². The van der Waals surface area contributed by atoms with Crippen LogP contribution in [0.2, 0.25) is 0 Å². The molecule has 0 aliphatic carbocycles. The number of anilines is 1. The standard InChI is InChI=1S/C16H23BrFN3O.ClH/c1-16(2)10-21(7-5-14(16)19)8-6-15(22)20-13-4-3-11(17)9-12(13)18;/h3-4,9,14H,5-8,10,19H2,1-2H3,(H,20,22);1H. The smallest absolute Gasteiger partial charge is 0.225 e. The van der Waals surface area contributed by atoms with Crippen molar-refractivity contribution < 1.29 is 9.18 Å². The molecule has 3 N–H and O–H groups in total. The number of hydrogen-bond acceptors (Lipinski definition) is 3. The molecular formula is C16H24BrClFN3O. The molecule has 130 valence electrons. The van der Waals surface area contributed by atoms with Gasteiger partial charge in [0, 0.05) is 30.0 Å². The highest BCUT2D eigenvalue weighted by Gasteiger charge is 2.33. The van der Waals surface area contributed by atoms with Crippen molar-refractivity contribution in [2.24, 2.45) is 11.1 Å². The van der Waals surface area contributed by atoms with Crippen molar-refractivity contribution in [2.75, 3.05) is 25.0 Å². The van der Waals surface area contributed by atoms with E-state index in [0.29, 0.717) is 17.4 Å². The summed E-state index contributed by atoms with van der Waals surface area (Å²) in [7, 11) is 0. The predicted octanol–water partition coefficient (Wildman–Crippen LogP) is 3.40. The Hall–Kier alpha value is -0.690. The van der Waals surface area contributed by atoms with E-state index in [2.05, 4.69) is 40.0 Å². The Morgan fingerprint density at radius 3 is 2.83 bits per heavy atom. The Morgan fingerprint density at radius 2 is 2.22 bits per heavy atom. The van der Waals surface area contributed by atoms with Crippen LogP contribution in [0.15, 0.2) is 22.7 Å². The summed E-state index contributed by atoms with van der Waals surface area (Å²) in [6.45, 7) is 6.76. The zero-order chi connectivity index (χ0) is 16.3. The fraction of sp³-hybridized carbons (Fsp3) is 0.562. The molecule has 23 heavy (non-hydrogen) atoms. The zero-order valence-electron chi connectivity index (χ0n) is 13.4. The molecule has 0 bridgehead atoms. The normalized spacial score (nSPS) is 20.7. The van der Waals surface area contributed by atoms with Crippen molar-refractivity contribution in [2.45, 2.75) is 32.7 Å². The van der Waals surface area contributed by atoms with E-state index in [-0.39, 0.29) is 35.5 Å². The minimum atomic E-state index is -0.437. The number of halogens is 3. The lowest BCUT2D eigenvalue weighted by Crippen LogP contribution is -2.52. The highest BCUT2D eigenvalue weighted by Crippen LogP contribution is 2.27. The molecule has 0 saturated carbocycles. The van der Waals surface area contributed by atoms with Gasteiger partial charge in [0.1, 0.15) is 5.82 Å². The maximum absolute atomic E-state index is 13.7. The molecular weight excluding hydrogens is 385 g/mol. The van der Waals surface area contributed by atoms with Crippen LogP contribution in [0.1, 0.15) is 26.7 Å². The highest BCUT2D eigenvalue weighted by atomic mass is 79.9. The summed E-state index contributed by atoms with van der Waals surface area (Å²) >= 11 is 3.19. The number of likely N-dealkylation sites (tertiary alicyclic amines) is 1. The van der Waals surface area contributed by atoms with Crippen LogP contribution in [0.25, 0.3) is 0 Å². The van der Waals surface area contributed by atoms with Gasteiger partial charge >= 0.3 is 0 Å². The van der Waals surface area contributed by atoms with Gasteiger partial charge in [-0.15, -0.1) is 12.4 Å². The lowest BCUT2D eigenvalue weighted by molar-refractivity contribution is -0.116. The fourth-order valence-corrected chi connectivity index (χ4v) is 3.07. The van der Waals surface area contributed by atoms with E-state index in [4.69, 9.17) is 5.73 Å². The first-order chi connectivity index (χ1) is 10.3. The van der Waals surface area contributed by atoms with Crippen LogP contribution in [-0.2, 0) is 4.79 Å². The number of nitrogens with one attached hydrogen (secondary N) is 1. The fourth-order valence-electron chi connectivity index (χ4n) is 2.74. The summed E-state index contributed by atoms with van der Waals surface area (Å²) in [5.41, 5.74) is 6.39. The average molecular weight is 409 g/mol. The number of hydrogen-bond donors (Lipinski definition) is 2. The highest BCUT2D eigenvalue weighted by molar-refractivity contribution is 9.10. The molecule has 0 aromatic heterocycles. The zero-order valence-corrected chi connectivity index (χ0v) is 15.8. The molecule has 7 heteroatoms. The summed E-state index contributed by atoms with van der Waals surface area (Å²) in [6.07, 6.45) is 1.29. The van der Waals surface area contributed by atoms with Gasteiger partial charge in [-0.05, 0) is 36.6 Å². The van der Waals surface area contributed by atoms with Gasteiger partial charge in [0.2, 0.25) is 5.91 Å². The number of carbonyl (C=O) groups is 1. The Kier molecular flexibility index (Phi) is 7.45. The summed E-state index contributed by atoms with van der Waals surface area (Å²) < 4.78 is 14.3. The monoisotopic (exact) mass is 407 g/mol. The first-order valence-corrected chi connectivity index (χ1v) is 8.30. The summed E-state index contributed by atoms with van der Waals surface area (Å²) in [6, 6.07) is 4.80. The van der Waals surface area contributed by atoms with Gasteiger partial charge in [-0.2, -0.15) is 0 Å². The van der Waals surface area contributed by atoms with E-state index in [1.54, 1.807) is 12.1 Å². The molecule has 1 atom stereocenters. The first-order valence-electron chi connectivity index (χ1n) is 7.51. The lowest BCUT2D eigenvalue weighted by Gasteiger charge is -2.42. The maximum atomic E-state index is 13.7. The third kappa shape index (κ3) is 5.71. The average Bonchev–Trinajstić information content (AvgIpc) is 2.43. The second-order valence-electron chi connectivity index (χ2n) is 6.58. The summed E-state index contributed by atoms with van der Waals surface area (Å²) in [4.78, 5) is 14.2. The molecule has 1 aromatic carbocycles. The molecule has 2 rings (SSSR count). The van der Waals surface area contributed by atoms with E-state index >= 15 is 0 Å². The van der Waals surface area contributed by atoms with E-state index in [9.17, 15) is 9.18 Å². The molecule has 1 aliphatic heterocycles. The van der Waals surface area contributed by atoms with Crippen LogP contribution in [0.4, 0.5) is 10.1 Å². The molecule has 1 heterocycles. The van der Waals surface area contributed by atoms with Crippen LogP contribution in [0.3, 0.4) is 0 Å². The van der Waals surface area contributed by atoms with E-state index < -0.39 is 5.82 Å². The van der Waals surface area contributed by atoms with Gasteiger partial charge in [-0.3, -0.25) is 4.79 Å². The number of nitrogens with two attached hydrogens (primary N) is 1. The van der Waals surface area contributed by atoms with Gasteiger partial charge < -0.3 is 16.0 Å². The number of rotatable bonds is 4. The molecule has 1 aromatic rings. The van der Waals surface area contributed by atoms with Crippen molar-refractivity contribution in [3.63, 3.8) is 0 Å². The number of nitrogens with zero attached hydrogens (tertiary/aromatic N) is 1. The second-order valence-corrected chi connectivity index (χ2v) is 7.50. The number of piperidine rings is 1. The predicted molar refractivity (Wildman–Crippen MR) is 97.4 cm³/mol. The minimum absolute atomic E-state index is 0. The summed E-state index contributed by atoms with van der Waals surface area (Å²) in [5.74, 6) is -0.610. The Balaban J connectivity index is 0.00000264. The molecule has 4 nitrogen and oxygen atoms in total. The minimum Gasteiger partial charge on any atom is -0.327 e. The van der Waals surface area contributed by atoms with E-state index in [1.165, 1.54) is 6.07 Å². The quantitative estimate of drug-likeness (QED) is 0.803. The van der Waals surface area contributed by atoms with E-state index in [1.807, 2.05) is 0 Å². The Labute approximate surface area is 151 Å². The van der Waals surface area contributed by atoms with Crippen molar-refractivity contribution in [1.29, 1.82) is 0 Å². The number of amides is 1. The maximum Gasteiger partial charge on any atom is 0.225 e. The molecule has 0 radical (unpaired) electrons. The van der Waals surface area contributed by atoms with E-state index in [0.717, 1.165) is 19.5 Å². The van der Waals surface area contributed by atoms with Gasteiger partial charge in [0.25, 0.3) is 0 Å². The molecule has 0 spiro atoms. The lowest BCUT2D eigenvalue weighted by atomic mass is 9.80. The Morgan fingerprint density at radius 1 is 1.52 bits per heavy atom. The number of carbonyl (C=O) groups excluding carboxylic acids is 1. The van der Waals surface area contributed by atoms with Crippen molar-refractivity contribution in [1.82, 2.24) is 4.90 Å². The van der Waals surface area contributed by atoms with Crippen LogP contribution >= 0.6 is 28.3 Å². The summed E-state index contributed by atoms with van der Waals surface area (Å²) in [5, 5.41) is 2.62. The first kappa shape index (κ1) is 20.4. The molecule has 1 fully saturated rings. The van der Waals surface area contributed by atoms with Gasteiger partial charge in [0.15, 0.2) is 0 Å². The Bertz CT molecular complexity index is 556. The topological polar surface area (TPSA) is 58.4 Å².